The van der Waals surface area contributed by atoms with Crippen molar-refractivity contribution in [3.63, 3.8) is 0 Å². The summed E-state index contributed by atoms with van der Waals surface area (Å²) in [6.07, 6.45) is 1.74. The number of primary amides is 1. The highest BCUT2D eigenvalue weighted by Gasteiger charge is 2.10. The molecule has 0 radical (unpaired) electrons. The number of nitrogens with two attached hydrogens (primary N) is 2. The van der Waals surface area contributed by atoms with E-state index in [0.29, 0.717) is 18.1 Å². The number of aromatic nitrogens is 2. The predicted molar refractivity (Wildman–Crippen MR) is 65.1 cm³/mol. The summed E-state index contributed by atoms with van der Waals surface area (Å²) < 4.78 is 1.84. The fourth-order valence-corrected chi connectivity index (χ4v) is 1.70. The number of rotatable bonds is 4. The molecule has 0 aliphatic carbocycles. The van der Waals surface area contributed by atoms with Gasteiger partial charge in [-0.25, -0.2) is 4.98 Å². The van der Waals surface area contributed by atoms with Gasteiger partial charge in [0.25, 0.3) is 0 Å². The molecule has 17 heavy (non-hydrogen) atoms. The van der Waals surface area contributed by atoms with Crippen molar-refractivity contribution in [2.24, 2.45) is 5.73 Å². The Morgan fingerprint density at radius 3 is 2.65 bits per heavy atom. The lowest BCUT2D eigenvalue weighted by molar-refractivity contribution is -0.117. The van der Waals surface area contributed by atoms with E-state index in [1.54, 1.807) is 6.33 Å². The van der Waals surface area contributed by atoms with E-state index in [0.717, 1.165) is 5.56 Å². The zero-order valence-corrected chi connectivity index (χ0v) is 9.34. The molecule has 0 bridgehead atoms. The Morgan fingerprint density at radius 2 is 2.00 bits per heavy atom. The molecule has 2 rings (SSSR count). The molecule has 1 aromatic carbocycles. The topological polar surface area (TPSA) is 86.9 Å². The van der Waals surface area contributed by atoms with Crippen LogP contribution in [0.2, 0.25) is 0 Å². The van der Waals surface area contributed by atoms with Crippen LogP contribution in [0, 0.1) is 0 Å². The van der Waals surface area contributed by atoms with Gasteiger partial charge in [0.1, 0.15) is 5.82 Å². The summed E-state index contributed by atoms with van der Waals surface area (Å²) in [5.74, 6) is -0.0498. The van der Waals surface area contributed by atoms with Crippen molar-refractivity contribution in [1.82, 2.24) is 9.55 Å². The van der Waals surface area contributed by atoms with Gasteiger partial charge in [-0.15, -0.1) is 0 Å². The van der Waals surface area contributed by atoms with Crippen LogP contribution in [0.3, 0.4) is 0 Å². The van der Waals surface area contributed by atoms with E-state index >= 15 is 0 Å². The van der Waals surface area contributed by atoms with Gasteiger partial charge >= 0.3 is 0 Å². The number of amides is 1. The van der Waals surface area contributed by atoms with Gasteiger partial charge in [-0.2, -0.15) is 0 Å². The minimum absolute atomic E-state index is 0.110. The van der Waals surface area contributed by atoms with Crippen molar-refractivity contribution in [1.29, 1.82) is 0 Å². The number of carbonyl (C=O) groups is 1. The molecule has 1 heterocycles. The second-order valence-electron chi connectivity index (χ2n) is 3.83. The molecule has 5 nitrogen and oxygen atoms in total. The molecule has 0 fully saturated rings. The first-order valence-electron chi connectivity index (χ1n) is 5.28. The zero-order valence-electron chi connectivity index (χ0n) is 9.34. The summed E-state index contributed by atoms with van der Waals surface area (Å²) >= 11 is 0. The number of imidazole rings is 1. The van der Waals surface area contributed by atoms with Gasteiger partial charge in [-0.05, 0) is 5.56 Å². The molecule has 0 saturated heterocycles. The number of nitrogens with zero attached hydrogens (tertiary/aromatic N) is 2. The average molecular weight is 230 g/mol. The molecule has 0 spiro atoms. The van der Waals surface area contributed by atoms with Gasteiger partial charge in [0.05, 0.1) is 18.4 Å². The SMILES string of the molecule is NC(=O)Cc1c(N)ncn1Cc1ccccc1. The zero-order chi connectivity index (χ0) is 12.3. The molecule has 4 N–H and O–H groups in total. The molecule has 2 aromatic rings. The lowest BCUT2D eigenvalue weighted by Gasteiger charge is -2.07. The largest absolute Gasteiger partial charge is 0.382 e. The number of benzene rings is 1. The summed E-state index contributed by atoms with van der Waals surface area (Å²) in [6.45, 7) is 0.633. The van der Waals surface area contributed by atoms with Gasteiger partial charge in [0, 0.05) is 6.54 Å². The van der Waals surface area contributed by atoms with E-state index in [2.05, 4.69) is 4.98 Å². The van der Waals surface area contributed by atoms with Crippen LogP contribution < -0.4 is 11.5 Å². The Morgan fingerprint density at radius 1 is 1.29 bits per heavy atom. The van der Waals surface area contributed by atoms with E-state index in [1.807, 2.05) is 34.9 Å². The van der Waals surface area contributed by atoms with Gasteiger partial charge < -0.3 is 16.0 Å². The van der Waals surface area contributed by atoms with Crippen molar-refractivity contribution in [3.05, 3.63) is 47.9 Å². The summed E-state index contributed by atoms with van der Waals surface area (Å²) in [5, 5.41) is 0. The molecule has 0 aliphatic rings. The highest BCUT2D eigenvalue weighted by Crippen LogP contribution is 2.12. The van der Waals surface area contributed by atoms with Crippen LogP contribution in [0.5, 0.6) is 0 Å². The molecule has 1 amide bonds. The van der Waals surface area contributed by atoms with Crippen molar-refractivity contribution in [3.8, 4) is 0 Å². The van der Waals surface area contributed by atoms with Crippen LogP contribution in [0.25, 0.3) is 0 Å². The monoisotopic (exact) mass is 230 g/mol. The number of hydrogen-bond acceptors (Lipinski definition) is 3. The standard InChI is InChI=1S/C12H14N4O/c13-11(17)6-10-12(14)15-8-16(10)7-9-4-2-1-3-5-9/h1-5,8H,6-7,14H2,(H2,13,17). The molecular formula is C12H14N4O. The maximum Gasteiger partial charge on any atom is 0.223 e. The summed E-state index contributed by atoms with van der Waals surface area (Å²) in [4.78, 5) is 14.9. The van der Waals surface area contributed by atoms with Crippen LogP contribution in [0.4, 0.5) is 5.82 Å². The normalized spacial score (nSPS) is 10.4. The fourth-order valence-electron chi connectivity index (χ4n) is 1.70. The van der Waals surface area contributed by atoms with E-state index in [4.69, 9.17) is 11.5 Å². The molecule has 0 aliphatic heterocycles. The first-order chi connectivity index (χ1) is 8.16. The van der Waals surface area contributed by atoms with Crippen LogP contribution in [0.1, 0.15) is 11.3 Å². The van der Waals surface area contributed by atoms with Crippen molar-refractivity contribution in [2.75, 3.05) is 5.73 Å². The van der Waals surface area contributed by atoms with Crippen molar-refractivity contribution in [2.45, 2.75) is 13.0 Å². The Labute approximate surface area is 99.1 Å². The minimum atomic E-state index is -0.411. The van der Waals surface area contributed by atoms with E-state index < -0.39 is 5.91 Å². The molecular weight excluding hydrogens is 216 g/mol. The van der Waals surface area contributed by atoms with Crippen molar-refractivity contribution < 1.29 is 4.79 Å². The third-order valence-corrected chi connectivity index (χ3v) is 2.52. The molecule has 0 unspecified atom stereocenters. The third kappa shape index (κ3) is 2.63. The summed E-state index contributed by atoms with van der Waals surface area (Å²) in [5.41, 5.74) is 12.7. The van der Waals surface area contributed by atoms with Crippen LogP contribution >= 0.6 is 0 Å². The van der Waals surface area contributed by atoms with Crippen molar-refractivity contribution >= 4 is 11.7 Å². The summed E-state index contributed by atoms with van der Waals surface area (Å²) in [6, 6.07) is 9.89. The van der Waals surface area contributed by atoms with E-state index in [-0.39, 0.29) is 6.42 Å². The second-order valence-corrected chi connectivity index (χ2v) is 3.83. The van der Waals surface area contributed by atoms with Gasteiger partial charge in [-0.1, -0.05) is 30.3 Å². The maximum absolute atomic E-state index is 10.9. The Hall–Kier alpha value is -2.30. The quantitative estimate of drug-likeness (QED) is 0.803. The second kappa shape index (κ2) is 4.69. The number of hydrogen-bond donors (Lipinski definition) is 2. The number of carbonyl (C=O) groups excluding carboxylic acids is 1. The summed E-state index contributed by atoms with van der Waals surface area (Å²) in [7, 11) is 0. The Balaban J connectivity index is 2.24. The molecule has 0 atom stereocenters. The third-order valence-electron chi connectivity index (χ3n) is 2.52. The maximum atomic E-state index is 10.9. The Kier molecular flexibility index (Phi) is 3.09. The highest BCUT2D eigenvalue weighted by molar-refractivity contribution is 5.77. The minimum Gasteiger partial charge on any atom is -0.382 e. The number of anilines is 1. The molecule has 1 aromatic heterocycles. The molecule has 5 heteroatoms. The fraction of sp³-hybridized carbons (Fsp3) is 0.167. The smallest absolute Gasteiger partial charge is 0.223 e. The first kappa shape index (κ1) is 11.2. The van der Waals surface area contributed by atoms with Gasteiger partial charge in [0.2, 0.25) is 5.91 Å². The lowest BCUT2D eigenvalue weighted by Crippen LogP contribution is -2.17. The first-order valence-corrected chi connectivity index (χ1v) is 5.28. The van der Waals surface area contributed by atoms with E-state index in [9.17, 15) is 4.79 Å². The van der Waals surface area contributed by atoms with Gasteiger partial charge in [-0.3, -0.25) is 4.79 Å². The Bertz CT molecular complexity index is 519. The van der Waals surface area contributed by atoms with Crippen LogP contribution in [-0.4, -0.2) is 15.5 Å². The van der Waals surface area contributed by atoms with Crippen LogP contribution in [-0.2, 0) is 17.8 Å². The number of nitrogen functional groups attached to an aromatic ring is 1. The molecule has 0 saturated carbocycles. The molecule has 88 valence electrons. The van der Waals surface area contributed by atoms with E-state index in [1.165, 1.54) is 0 Å². The average Bonchev–Trinajstić information content (AvgIpc) is 2.62. The van der Waals surface area contributed by atoms with Gasteiger partial charge in [0.15, 0.2) is 0 Å². The predicted octanol–water partition coefficient (Wildman–Crippen LogP) is 0.541. The van der Waals surface area contributed by atoms with Crippen LogP contribution in [0.15, 0.2) is 36.7 Å². The highest BCUT2D eigenvalue weighted by atomic mass is 16.1. The lowest BCUT2D eigenvalue weighted by atomic mass is 10.2.